The van der Waals surface area contributed by atoms with Crippen molar-refractivity contribution >= 4 is 28.9 Å². The van der Waals surface area contributed by atoms with E-state index in [0.717, 1.165) is 0 Å². The highest BCUT2D eigenvalue weighted by atomic mass is 35.5. The quantitative estimate of drug-likeness (QED) is 0.509. The fraction of sp³-hybridized carbons (Fsp3) is 0.364. The summed E-state index contributed by atoms with van der Waals surface area (Å²) in [5.41, 5.74) is -0.141. The van der Waals surface area contributed by atoms with Crippen LogP contribution in [0.25, 0.3) is 0 Å². The van der Waals surface area contributed by atoms with E-state index in [2.05, 4.69) is 5.32 Å². The van der Waals surface area contributed by atoms with Crippen molar-refractivity contribution in [2.24, 2.45) is 0 Å². The van der Waals surface area contributed by atoms with Crippen LogP contribution in [-0.2, 0) is 4.79 Å². The van der Waals surface area contributed by atoms with Crippen LogP contribution in [0.3, 0.4) is 0 Å². The van der Waals surface area contributed by atoms with Gasteiger partial charge in [-0.25, -0.2) is 0 Å². The number of rotatable bonds is 5. The fourth-order valence-electron chi connectivity index (χ4n) is 1.62. The highest BCUT2D eigenvalue weighted by Gasteiger charge is 2.24. The largest absolute Gasteiger partial charge is 0.454 e. The van der Waals surface area contributed by atoms with Crippen molar-refractivity contribution in [1.82, 2.24) is 0 Å². The second-order valence-corrected chi connectivity index (χ2v) is 4.20. The summed E-state index contributed by atoms with van der Waals surface area (Å²) >= 11 is 5.48. The zero-order chi connectivity index (χ0) is 13.8. The molecule has 0 unspecified atom stereocenters. The van der Waals surface area contributed by atoms with E-state index in [4.69, 9.17) is 21.1 Å². The Balaban J connectivity index is 2.23. The molecule has 1 aliphatic rings. The summed E-state index contributed by atoms with van der Waals surface area (Å²) in [5, 5.41) is 13.4. The number of benzene rings is 1. The molecule has 0 radical (unpaired) electrons. The number of fused-ring (bicyclic) bond motifs is 1. The normalized spacial score (nSPS) is 12.3. The van der Waals surface area contributed by atoms with Gasteiger partial charge in [0.25, 0.3) is 5.69 Å². The van der Waals surface area contributed by atoms with Gasteiger partial charge >= 0.3 is 0 Å². The Bertz CT molecular complexity index is 520. The van der Waals surface area contributed by atoms with Gasteiger partial charge in [-0.1, -0.05) is 0 Å². The van der Waals surface area contributed by atoms with Gasteiger partial charge in [-0.2, -0.15) is 0 Å². The molecule has 2 rings (SSSR count). The first-order chi connectivity index (χ1) is 9.11. The second kappa shape index (κ2) is 5.75. The van der Waals surface area contributed by atoms with E-state index < -0.39 is 4.92 Å². The van der Waals surface area contributed by atoms with E-state index in [1.54, 1.807) is 0 Å². The van der Waals surface area contributed by atoms with Crippen LogP contribution in [0.1, 0.15) is 12.8 Å². The van der Waals surface area contributed by atoms with Crippen LogP contribution in [0.5, 0.6) is 11.5 Å². The molecule has 0 bridgehead atoms. The lowest BCUT2D eigenvalue weighted by molar-refractivity contribution is -0.384. The second-order valence-electron chi connectivity index (χ2n) is 3.82. The molecular formula is C11H11ClN2O5. The molecule has 0 spiro atoms. The molecule has 7 nitrogen and oxygen atoms in total. The minimum Gasteiger partial charge on any atom is -0.454 e. The van der Waals surface area contributed by atoms with E-state index in [9.17, 15) is 14.9 Å². The lowest BCUT2D eigenvalue weighted by Gasteiger charge is -2.06. The van der Waals surface area contributed by atoms with E-state index in [-0.39, 0.29) is 30.5 Å². The van der Waals surface area contributed by atoms with E-state index in [0.29, 0.717) is 23.8 Å². The predicted molar refractivity (Wildman–Crippen MR) is 67.8 cm³/mol. The van der Waals surface area contributed by atoms with Crippen molar-refractivity contribution in [3.8, 4) is 11.5 Å². The number of nitro groups is 1. The summed E-state index contributed by atoms with van der Waals surface area (Å²) in [6, 6.07) is 2.62. The summed E-state index contributed by atoms with van der Waals surface area (Å²) in [4.78, 5) is 22.0. The number of nitrogens with one attached hydrogen (secondary N) is 1. The van der Waals surface area contributed by atoms with Gasteiger partial charge in [-0.05, 0) is 6.42 Å². The molecule has 1 aromatic rings. The lowest BCUT2D eigenvalue weighted by Crippen LogP contribution is -2.12. The van der Waals surface area contributed by atoms with E-state index in [1.807, 2.05) is 0 Å². The summed E-state index contributed by atoms with van der Waals surface area (Å²) < 4.78 is 10.2. The summed E-state index contributed by atoms with van der Waals surface area (Å²) in [5.74, 6) is 0.697. The number of alkyl halides is 1. The van der Waals surface area contributed by atoms with Crippen LogP contribution >= 0.6 is 11.6 Å². The number of carbonyl (C=O) groups is 1. The van der Waals surface area contributed by atoms with Crippen molar-refractivity contribution in [3.05, 3.63) is 22.2 Å². The minimum absolute atomic E-state index is 0.0101. The Kier molecular flexibility index (Phi) is 4.06. The number of hydrogen-bond acceptors (Lipinski definition) is 5. The Labute approximate surface area is 113 Å². The highest BCUT2D eigenvalue weighted by Crippen LogP contribution is 2.40. The van der Waals surface area contributed by atoms with Crippen molar-refractivity contribution in [2.45, 2.75) is 12.8 Å². The maximum Gasteiger partial charge on any atom is 0.296 e. The van der Waals surface area contributed by atoms with Crippen molar-refractivity contribution < 1.29 is 19.2 Å². The van der Waals surface area contributed by atoms with Gasteiger partial charge in [-0.3, -0.25) is 14.9 Å². The summed E-state index contributed by atoms with van der Waals surface area (Å²) in [6.07, 6.45) is 0.709. The van der Waals surface area contributed by atoms with Crippen LogP contribution in [0.2, 0.25) is 0 Å². The molecule has 19 heavy (non-hydrogen) atoms. The molecule has 1 aromatic carbocycles. The molecule has 0 atom stereocenters. The number of carbonyl (C=O) groups excluding carboxylic acids is 1. The third-order valence-corrected chi connectivity index (χ3v) is 2.77. The number of ether oxygens (including phenoxy) is 2. The first-order valence-electron chi connectivity index (χ1n) is 5.55. The van der Waals surface area contributed by atoms with Gasteiger partial charge < -0.3 is 14.8 Å². The van der Waals surface area contributed by atoms with Crippen LogP contribution in [0.4, 0.5) is 11.4 Å². The molecule has 0 aromatic heterocycles. The van der Waals surface area contributed by atoms with Crippen LogP contribution < -0.4 is 14.8 Å². The number of anilines is 1. The van der Waals surface area contributed by atoms with Gasteiger partial charge in [0.15, 0.2) is 11.5 Å². The smallest absolute Gasteiger partial charge is 0.296 e. The minimum atomic E-state index is -0.584. The topological polar surface area (TPSA) is 90.7 Å². The predicted octanol–water partition coefficient (Wildman–Crippen LogP) is 2.28. The molecular weight excluding hydrogens is 276 g/mol. The lowest BCUT2D eigenvalue weighted by atomic mass is 10.2. The molecule has 102 valence electrons. The number of nitro benzene ring substituents is 1. The van der Waals surface area contributed by atoms with Crippen LogP contribution in [0, 0.1) is 10.1 Å². The Morgan fingerprint density at radius 1 is 1.42 bits per heavy atom. The number of hydrogen-bond donors (Lipinski definition) is 1. The average molecular weight is 287 g/mol. The van der Waals surface area contributed by atoms with Crippen molar-refractivity contribution in [2.75, 3.05) is 18.0 Å². The number of amides is 1. The number of halogens is 1. The molecule has 0 fully saturated rings. The molecule has 1 heterocycles. The SMILES string of the molecule is O=C(CCCCl)Nc1cc2c(cc1[N+](=O)[O-])OCO2. The molecule has 8 heteroatoms. The van der Waals surface area contributed by atoms with E-state index in [1.165, 1.54) is 12.1 Å². The van der Waals surface area contributed by atoms with Crippen molar-refractivity contribution in [1.29, 1.82) is 0 Å². The first-order valence-corrected chi connectivity index (χ1v) is 6.09. The molecule has 0 aliphatic carbocycles. The average Bonchev–Trinajstić information content (AvgIpc) is 2.82. The highest BCUT2D eigenvalue weighted by molar-refractivity contribution is 6.18. The monoisotopic (exact) mass is 286 g/mol. The summed E-state index contributed by atoms with van der Waals surface area (Å²) in [7, 11) is 0. The Morgan fingerprint density at radius 2 is 2.11 bits per heavy atom. The third-order valence-electron chi connectivity index (χ3n) is 2.50. The van der Waals surface area contributed by atoms with Gasteiger partial charge in [0.05, 0.1) is 11.0 Å². The Morgan fingerprint density at radius 3 is 2.74 bits per heavy atom. The molecule has 1 N–H and O–H groups in total. The first kappa shape index (κ1) is 13.4. The third kappa shape index (κ3) is 3.05. The van der Waals surface area contributed by atoms with Crippen LogP contribution in [-0.4, -0.2) is 23.5 Å². The molecule has 1 aliphatic heterocycles. The molecule has 1 amide bonds. The van der Waals surface area contributed by atoms with Gasteiger partial charge in [0.1, 0.15) is 5.69 Å². The standard InChI is InChI=1S/C11H11ClN2O5/c12-3-1-2-11(15)13-7-4-9-10(19-6-18-9)5-8(7)14(16)17/h4-5H,1-3,6H2,(H,13,15). The fourth-order valence-corrected chi connectivity index (χ4v) is 1.76. The number of nitrogens with zero attached hydrogens (tertiary/aromatic N) is 1. The maximum absolute atomic E-state index is 11.6. The maximum atomic E-state index is 11.6. The zero-order valence-corrected chi connectivity index (χ0v) is 10.6. The van der Waals surface area contributed by atoms with Crippen LogP contribution in [0.15, 0.2) is 12.1 Å². The zero-order valence-electron chi connectivity index (χ0n) is 9.85. The van der Waals surface area contributed by atoms with E-state index >= 15 is 0 Å². The van der Waals surface area contributed by atoms with Crippen molar-refractivity contribution in [3.63, 3.8) is 0 Å². The summed E-state index contributed by atoms with van der Waals surface area (Å²) in [6.45, 7) is 0.0101. The van der Waals surface area contributed by atoms with Gasteiger partial charge in [0, 0.05) is 18.4 Å². The molecule has 0 saturated carbocycles. The molecule has 0 saturated heterocycles. The van der Waals surface area contributed by atoms with Gasteiger partial charge in [-0.15, -0.1) is 11.6 Å². The van der Waals surface area contributed by atoms with Gasteiger partial charge in [0.2, 0.25) is 12.7 Å². The Hall–Kier alpha value is -2.02.